The lowest BCUT2D eigenvalue weighted by molar-refractivity contribution is 0.108. The van der Waals surface area contributed by atoms with Crippen LogP contribution in [0.3, 0.4) is 0 Å². The topological polar surface area (TPSA) is 20.2 Å². The highest BCUT2D eigenvalue weighted by Crippen LogP contribution is 2.28. The number of aliphatic hydroxyl groups is 1. The van der Waals surface area contributed by atoms with Gasteiger partial charge in [-0.05, 0) is 35.4 Å². The van der Waals surface area contributed by atoms with Gasteiger partial charge in [0.1, 0.15) is 0 Å². The first-order valence-corrected chi connectivity index (χ1v) is 8.14. The molecule has 0 fully saturated rings. The number of benzene rings is 3. The molecule has 1 N–H and O–H groups in total. The molecule has 1 heteroatoms. The summed E-state index contributed by atoms with van der Waals surface area (Å²) in [6.45, 7) is 0. The molecule has 3 rings (SSSR count). The maximum atomic E-state index is 10.9. The third kappa shape index (κ3) is 4.30. The predicted molar refractivity (Wildman–Crippen MR) is 95.2 cm³/mol. The van der Waals surface area contributed by atoms with Crippen LogP contribution in [0.1, 0.15) is 22.8 Å². The molecule has 116 valence electrons. The molecule has 0 saturated carbocycles. The minimum absolute atomic E-state index is 0.155. The second kappa shape index (κ2) is 7.75. The van der Waals surface area contributed by atoms with Crippen LogP contribution in [-0.2, 0) is 12.8 Å². The average molecular weight is 302 g/mol. The largest absolute Gasteiger partial charge is 0.388 e. The van der Waals surface area contributed by atoms with E-state index < -0.39 is 6.10 Å². The lowest BCUT2D eigenvalue weighted by Crippen LogP contribution is -2.18. The Morgan fingerprint density at radius 2 is 0.957 bits per heavy atom. The summed E-state index contributed by atoms with van der Waals surface area (Å²) in [5.41, 5.74) is 3.52. The minimum Gasteiger partial charge on any atom is -0.388 e. The van der Waals surface area contributed by atoms with Crippen LogP contribution in [0.5, 0.6) is 0 Å². The molecule has 1 atom stereocenters. The summed E-state index contributed by atoms with van der Waals surface area (Å²) in [5.74, 6) is 0.155. The molecule has 1 nitrogen and oxygen atoms in total. The zero-order valence-corrected chi connectivity index (χ0v) is 13.2. The minimum atomic E-state index is -0.461. The average Bonchev–Trinajstić information content (AvgIpc) is 2.63. The number of rotatable bonds is 6. The van der Waals surface area contributed by atoms with Crippen molar-refractivity contribution in [1.29, 1.82) is 0 Å². The van der Waals surface area contributed by atoms with Crippen molar-refractivity contribution < 1.29 is 5.11 Å². The van der Waals surface area contributed by atoms with Crippen molar-refractivity contribution in [1.82, 2.24) is 0 Å². The predicted octanol–water partition coefficient (Wildman–Crippen LogP) is 4.82. The Morgan fingerprint density at radius 1 is 0.565 bits per heavy atom. The molecule has 0 aromatic heterocycles. The fourth-order valence-electron chi connectivity index (χ4n) is 3.05. The van der Waals surface area contributed by atoms with Crippen LogP contribution in [-0.4, -0.2) is 5.11 Å². The van der Waals surface area contributed by atoms with E-state index in [0.29, 0.717) is 0 Å². The van der Waals surface area contributed by atoms with Gasteiger partial charge in [-0.2, -0.15) is 0 Å². The highest BCUT2D eigenvalue weighted by molar-refractivity contribution is 5.23. The summed E-state index contributed by atoms with van der Waals surface area (Å²) in [7, 11) is 0. The molecular formula is C22H22O. The van der Waals surface area contributed by atoms with Crippen molar-refractivity contribution in [2.75, 3.05) is 0 Å². The van der Waals surface area contributed by atoms with Gasteiger partial charge in [0.2, 0.25) is 0 Å². The highest BCUT2D eigenvalue weighted by Gasteiger charge is 2.21. The van der Waals surface area contributed by atoms with E-state index in [-0.39, 0.29) is 5.92 Å². The first-order chi connectivity index (χ1) is 11.3. The van der Waals surface area contributed by atoms with Crippen molar-refractivity contribution in [2.45, 2.75) is 18.9 Å². The van der Waals surface area contributed by atoms with Crippen LogP contribution in [0.15, 0.2) is 91.0 Å². The van der Waals surface area contributed by atoms with E-state index in [1.807, 2.05) is 42.5 Å². The normalized spacial score (nSPS) is 12.3. The summed E-state index contributed by atoms with van der Waals surface area (Å²) in [6.07, 6.45) is 1.27. The summed E-state index contributed by atoms with van der Waals surface area (Å²) in [6, 6.07) is 30.8. The van der Waals surface area contributed by atoms with Crippen LogP contribution in [0, 0.1) is 5.92 Å². The van der Waals surface area contributed by atoms with Gasteiger partial charge in [-0.25, -0.2) is 0 Å². The van der Waals surface area contributed by atoms with Gasteiger partial charge in [0.15, 0.2) is 0 Å². The molecule has 3 aromatic carbocycles. The van der Waals surface area contributed by atoms with E-state index in [2.05, 4.69) is 48.5 Å². The third-order valence-electron chi connectivity index (χ3n) is 4.27. The van der Waals surface area contributed by atoms with E-state index in [1.165, 1.54) is 11.1 Å². The molecule has 0 aliphatic rings. The van der Waals surface area contributed by atoms with E-state index in [4.69, 9.17) is 0 Å². The van der Waals surface area contributed by atoms with Crippen LogP contribution < -0.4 is 0 Å². The number of hydrogen-bond acceptors (Lipinski definition) is 1. The molecular weight excluding hydrogens is 280 g/mol. The van der Waals surface area contributed by atoms with Crippen LogP contribution in [0.25, 0.3) is 0 Å². The summed E-state index contributed by atoms with van der Waals surface area (Å²) in [5, 5.41) is 10.9. The summed E-state index contributed by atoms with van der Waals surface area (Å²) in [4.78, 5) is 0. The van der Waals surface area contributed by atoms with Gasteiger partial charge in [0.25, 0.3) is 0 Å². The first-order valence-electron chi connectivity index (χ1n) is 8.14. The third-order valence-corrected chi connectivity index (χ3v) is 4.27. The molecule has 3 aromatic rings. The zero-order valence-electron chi connectivity index (χ0n) is 13.2. The Labute approximate surface area is 138 Å². The Hall–Kier alpha value is -2.38. The molecule has 1 unspecified atom stereocenters. The number of hydrogen-bond donors (Lipinski definition) is 1. The van der Waals surface area contributed by atoms with Gasteiger partial charge in [-0.15, -0.1) is 0 Å². The van der Waals surface area contributed by atoms with Crippen LogP contribution >= 0.6 is 0 Å². The van der Waals surface area contributed by atoms with Crippen LogP contribution in [0.2, 0.25) is 0 Å². The van der Waals surface area contributed by atoms with Gasteiger partial charge >= 0.3 is 0 Å². The first kappa shape index (κ1) is 15.5. The Balaban J connectivity index is 1.83. The zero-order chi connectivity index (χ0) is 15.9. The number of aliphatic hydroxyl groups excluding tert-OH is 1. The van der Waals surface area contributed by atoms with Crippen molar-refractivity contribution in [3.8, 4) is 0 Å². The molecule has 0 radical (unpaired) electrons. The molecule has 0 bridgehead atoms. The monoisotopic (exact) mass is 302 g/mol. The van der Waals surface area contributed by atoms with Crippen molar-refractivity contribution in [3.63, 3.8) is 0 Å². The Kier molecular flexibility index (Phi) is 5.23. The second-order valence-corrected chi connectivity index (χ2v) is 6.00. The fraction of sp³-hybridized carbons (Fsp3) is 0.182. The smallest absolute Gasteiger partial charge is 0.0824 e. The SMILES string of the molecule is OC(c1ccccc1)C(Cc1ccccc1)Cc1ccccc1. The summed E-state index contributed by atoms with van der Waals surface area (Å²) >= 11 is 0. The quantitative estimate of drug-likeness (QED) is 0.692. The lowest BCUT2D eigenvalue weighted by Gasteiger charge is -2.24. The van der Waals surface area contributed by atoms with Crippen molar-refractivity contribution in [3.05, 3.63) is 108 Å². The van der Waals surface area contributed by atoms with Gasteiger partial charge in [0, 0.05) is 0 Å². The van der Waals surface area contributed by atoms with Crippen molar-refractivity contribution >= 4 is 0 Å². The van der Waals surface area contributed by atoms with Gasteiger partial charge in [-0.1, -0.05) is 91.0 Å². The Morgan fingerprint density at radius 3 is 1.39 bits per heavy atom. The van der Waals surface area contributed by atoms with E-state index in [9.17, 15) is 5.11 Å². The van der Waals surface area contributed by atoms with E-state index in [1.54, 1.807) is 0 Å². The molecule has 23 heavy (non-hydrogen) atoms. The molecule has 0 saturated heterocycles. The molecule has 0 aliphatic heterocycles. The van der Waals surface area contributed by atoms with Crippen molar-refractivity contribution in [2.24, 2.45) is 5.92 Å². The van der Waals surface area contributed by atoms with Gasteiger partial charge < -0.3 is 5.11 Å². The second-order valence-electron chi connectivity index (χ2n) is 6.00. The highest BCUT2D eigenvalue weighted by atomic mass is 16.3. The molecule has 0 aliphatic carbocycles. The van der Waals surface area contributed by atoms with Crippen LogP contribution in [0.4, 0.5) is 0 Å². The van der Waals surface area contributed by atoms with E-state index >= 15 is 0 Å². The molecule has 0 spiro atoms. The van der Waals surface area contributed by atoms with E-state index in [0.717, 1.165) is 18.4 Å². The van der Waals surface area contributed by atoms with Gasteiger partial charge in [-0.3, -0.25) is 0 Å². The standard InChI is InChI=1S/C22H22O/c23-22(20-14-8-3-9-15-20)21(16-18-10-4-1-5-11-18)17-19-12-6-2-7-13-19/h1-15,21-23H,16-17H2. The maximum Gasteiger partial charge on any atom is 0.0824 e. The fourth-order valence-corrected chi connectivity index (χ4v) is 3.05. The molecule has 0 amide bonds. The molecule has 0 heterocycles. The maximum absolute atomic E-state index is 10.9. The van der Waals surface area contributed by atoms with Gasteiger partial charge in [0.05, 0.1) is 6.10 Å². The lowest BCUT2D eigenvalue weighted by atomic mass is 9.85. The summed E-state index contributed by atoms with van der Waals surface area (Å²) < 4.78 is 0. The Bertz CT molecular complexity index is 650.